The zero-order valence-corrected chi connectivity index (χ0v) is 9.48. The molecule has 2 rings (SSSR count). The van der Waals surface area contributed by atoms with Gasteiger partial charge in [-0.05, 0) is 31.0 Å². The molecule has 6 heteroatoms. The van der Waals surface area contributed by atoms with Crippen LogP contribution in [-0.2, 0) is 9.53 Å². The fourth-order valence-electron chi connectivity index (χ4n) is 1.80. The summed E-state index contributed by atoms with van der Waals surface area (Å²) in [5.41, 5.74) is -0.203. The van der Waals surface area contributed by atoms with Gasteiger partial charge in [-0.25, -0.2) is 9.18 Å². The first-order valence-electron chi connectivity index (χ1n) is 5.53. The summed E-state index contributed by atoms with van der Waals surface area (Å²) in [5.74, 6) is -2.36. The molecule has 5 nitrogen and oxygen atoms in total. The van der Waals surface area contributed by atoms with Crippen LogP contribution in [0.2, 0.25) is 0 Å². The Hall–Kier alpha value is -1.95. The second-order valence-corrected chi connectivity index (χ2v) is 3.99. The van der Waals surface area contributed by atoms with Crippen molar-refractivity contribution in [3.8, 4) is 0 Å². The molecule has 1 fully saturated rings. The molecule has 96 valence electrons. The van der Waals surface area contributed by atoms with Crippen molar-refractivity contribution in [2.24, 2.45) is 0 Å². The van der Waals surface area contributed by atoms with Gasteiger partial charge in [-0.2, -0.15) is 0 Å². The standard InChI is InChI=1S/C12H12FNO4/c13-7-3-4-9(8(6-7)12(16)17)14-11(15)10-2-1-5-18-10/h3-4,6,10H,1-2,5H2,(H,14,15)(H,16,17). The molecule has 1 heterocycles. The van der Waals surface area contributed by atoms with Gasteiger partial charge in [-0.3, -0.25) is 4.79 Å². The van der Waals surface area contributed by atoms with Gasteiger partial charge in [0.1, 0.15) is 11.9 Å². The highest BCUT2D eigenvalue weighted by Crippen LogP contribution is 2.19. The van der Waals surface area contributed by atoms with Crippen LogP contribution >= 0.6 is 0 Å². The predicted octanol–water partition coefficient (Wildman–Crippen LogP) is 1.64. The quantitative estimate of drug-likeness (QED) is 0.858. The average Bonchev–Trinajstić information content (AvgIpc) is 2.84. The third-order valence-corrected chi connectivity index (χ3v) is 2.69. The highest BCUT2D eigenvalue weighted by atomic mass is 19.1. The lowest BCUT2D eigenvalue weighted by atomic mass is 10.1. The predicted molar refractivity (Wildman–Crippen MR) is 61.0 cm³/mol. The molecule has 0 aliphatic carbocycles. The van der Waals surface area contributed by atoms with Crippen molar-refractivity contribution in [2.75, 3.05) is 11.9 Å². The number of carbonyl (C=O) groups excluding carboxylic acids is 1. The van der Waals surface area contributed by atoms with E-state index in [1.807, 2.05) is 0 Å². The largest absolute Gasteiger partial charge is 0.478 e. The number of hydrogen-bond acceptors (Lipinski definition) is 3. The van der Waals surface area contributed by atoms with Crippen molar-refractivity contribution in [3.05, 3.63) is 29.6 Å². The van der Waals surface area contributed by atoms with Crippen LogP contribution in [0.3, 0.4) is 0 Å². The van der Waals surface area contributed by atoms with Gasteiger partial charge >= 0.3 is 5.97 Å². The lowest BCUT2D eigenvalue weighted by Crippen LogP contribution is -2.27. The van der Waals surface area contributed by atoms with Crippen LogP contribution < -0.4 is 5.32 Å². The van der Waals surface area contributed by atoms with Crippen LogP contribution in [0.5, 0.6) is 0 Å². The number of nitrogens with one attached hydrogen (secondary N) is 1. The molecule has 2 N–H and O–H groups in total. The van der Waals surface area contributed by atoms with Crippen LogP contribution in [0, 0.1) is 5.82 Å². The van der Waals surface area contributed by atoms with Crippen molar-refractivity contribution < 1.29 is 23.8 Å². The maximum absolute atomic E-state index is 12.9. The van der Waals surface area contributed by atoms with E-state index in [1.54, 1.807) is 0 Å². The number of carbonyl (C=O) groups is 2. The summed E-state index contributed by atoms with van der Waals surface area (Å²) in [6.45, 7) is 0.521. The Bertz CT molecular complexity index is 483. The van der Waals surface area contributed by atoms with Gasteiger partial charge in [-0.1, -0.05) is 0 Å². The van der Waals surface area contributed by atoms with Gasteiger partial charge in [0.2, 0.25) is 0 Å². The monoisotopic (exact) mass is 253 g/mol. The van der Waals surface area contributed by atoms with Gasteiger partial charge in [0.25, 0.3) is 5.91 Å². The minimum atomic E-state index is -1.29. The molecule has 18 heavy (non-hydrogen) atoms. The number of carboxylic acids is 1. The topological polar surface area (TPSA) is 75.6 Å². The zero-order valence-electron chi connectivity index (χ0n) is 9.48. The SMILES string of the molecule is O=C(O)c1cc(F)ccc1NC(=O)C1CCCO1. The summed E-state index contributed by atoms with van der Waals surface area (Å²) in [7, 11) is 0. The van der Waals surface area contributed by atoms with E-state index < -0.39 is 23.8 Å². The number of ether oxygens (including phenoxy) is 1. The minimum Gasteiger partial charge on any atom is -0.478 e. The van der Waals surface area contributed by atoms with Crippen LogP contribution in [0.15, 0.2) is 18.2 Å². The molecular formula is C12H12FNO4. The number of benzene rings is 1. The Labute approximate surface area is 103 Å². The van der Waals surface area contributed by atoms with E-state index in [9.17, 15) is 14.0 Å². The van der Waals surface area contributed by atoms with Crippen LogP contribution in [0.1, 0.15) is 23.2 Å². The number of rotatable bonds is 3. The normalized spacial score (nSPS) is 18.6. The van der Waals surface area contributed by atoms with Crippen molar-refractivity contribution in [2.45, 2.75) is 18.9 Å². The number of aromatic carboxylic acids is 1. The van der Waals surface area contributed by atoms with E-state index >= 15 is 0 Å². The van der Waals surface area contributed by atoms with Gasteiger partial charge in [0.05, 0.1) is 11.3 Å². The van der Waals surface area contributed by atoms with Crippen LogP contribution in [0.25, 0.3) is 0 Å². The molecular weight excluding hydrogens is 241 g/mol. The molecule has 1 aliphatic heterocycles. The molecule has 0 spiro atoms. The van der Waals surface area contributed by atoms with Gasteiger partial charge in [0.15, 0.2) is 0 Å². The van der Waals surface area contributed by atoms with Crippen LogP contribution in [-0.4, -0.2) is 29.7 Å². The van der Waals surface area contributed by atoms with E-state index in [2.05, 4.69) is 5.32 Å². The summed E-state index contributed by atoms with van der Waals surface area (Å²) in [6, 6.07) is 3.19. The molecule has 1 amide bonds. The average molecular weight is 253 g/mol. The molecule has 1 aromatic rings. The Morgan fingerprint density at radius 2 is 2.22 bits per heavy atom. The molecule has 1 aliphatic rings. The number of amides is 1. The molecule has 0 radical (unpaired) electrons. The van der Waals surface area contributed by atoms with E-state index in [1.165, 1.54) is 6.07 Å². The van der Waals surface area contributed by atoms with E-state index in [-0.39, 0.29) is 11.3 Å². The Morgan fingerprint density at radius 1 is 1.44 bits per heavy atom. The number of anilines is 1. The molecule has 1 aromatic carbocycles. The van der Waals surface area contributed by atoms with Crippen LogP contribution in [0.4, 0.5) is 10.1 Å². The number of halogens is 1. The summed E-state index contributed by atoms with van der Waals surface area (Å²) < 4.78 is 18.1. The van der Waals surface area contributed by atoms with Crippen molar-refractivity contribution >= 4 is 17.6 Å². The van der Waals surface area contributed by atoms with Gasteiger partial charge in [0, 0.05) is 6.61 Å². The van der Waals surface area contributed by atoms with E-state index in [0.717, 1.165) is 18.6 Å². The summed E-state index contributed by atoms with van der Waals surface area (Å²) >= 11 is 0. The van der Waals surface area contributed by atoms with E-state index in [4.69, 9.17) is 9.84 Å². The molecule has 1 saturated heterocycles. The lowest BCUT2D eigenvalue weighted by molar-refractivity contribution is -0.124. The Kier molecular flexibility index (Phi) is 3.57. The first kappa shape index (κ1) is 12.5. The van der Waals surface area contributed by atoms with Crippen molar-refractivity contribution in [3.63, 3.8) is 0 Å². The van der Waals surface area contributed by atoms with Gasteiger partial charge in [-0.15, -0.1) is 0 Å². The second-order valence-electron chi connectivity index (χ2n) is 3.99. The first-order valence-corrected chi connectivity index (χ1v) is 5.53. The molecule has 1 unspecified atom stereocenters. The molecule has 1 atom stereocenters. The highest BCUT2D eigenvalue weighted by Gasteiger charge is 2.24. The fourth-order valence-corrected chi connectivity index (χ4v) is 1.80. The maximum atomic E-state index is 12.9. The third-order valence-electron chi connectivity index (χ3n) is 2.69. The summed E-state index contributed by atoms with van der Waals surface area (Å²) in [6.07, 6.45) is 0.847. The second kappa shape index (κ2) is 5.14. The van der Waals surface area contributed by atoms with E-state index in [0.29, 0.717) is 13.0 Å². The lowest BCUT2D eigenvalue weighted by Gasteiger charge is -2.12. The van der Waals surface area contributed by atoms with Crippen molar-refractivity contribution in [1.82, 2.24) is 0 Å². The summed E-state index contributed by atoms with van der Waals surface area (Å²) in [4.78, 5) is 22.7. The highest BCUT2D eigenvalue weighted by molar-refractivity contribution is 6.01. The Balaban J connectivity index is 2.17. The molecule has 0 bridgehead atoms. The summed E-state index contributed by atoms with van der Waals surface area (Å²) in [5, 5.41) is 11.4. The minimum absolute atomic E-state index is 0.0735. The van der Waals surface area contributed by atoms with Crippen molar-refractivity contribution in [1.29, 1.82) is 0 Å². The Morgan fingerprint density at radius 3 is 2.83 bits per heavy atom. The maximum Gasteiger partial charge on any atom is 0.337 e. The number of carboxylic acid groups (broad SMARTS) is 1. The molecule has 0 saturated carbocycles. The zero-order chi connectivity index (χ0) is 13.1. The molecule has 0 aromatic heterocycles. The smallest absolute Gasteiger partial charge is 0.337 e. The third kappa shape index (κ3) is 2.65. The fraction of sp³-hybridized carbons (Fsp3) is 0.333. The number of hydrogen-bond donors (Lipinski definition) is 2. The first-order chi connectivity index (χ1) is 8.58. The van der Waals surface area contributed by atoms with Gasteiger partial charge < -0.3 is 15.2 Å².